The molecule has 0 fully saturated rings. The molecule has 0 spiro atoms. The first-order valence-corrected chi connectivity index (χ1v) is 29.7. The van der Waals surface area contributed by atoms with Crippen LogP contribution in [0.25, 0.3) is 0 Å². The Balaban J connectivity index is 4.74. The Bertz CT molecular complexity index is 1410. The summed E-state index contributed by atoms with van der Waals surface area (Å²) < 4.78 is 39.4. The summed E-state index contributed by atoms with van der Waals surface area (Å²) in [5, 5.41) is 9.79. The lowest BCUT2D eigenvalue weighted by Gasteiger charge is -2.21. The van der Waals surface area contributed by atoms with Gasteiger partial charge in [-0.3, -0.25) is 23.4 Å². The van der Waals surface area contributed by atoms with Gasteiger partial charge in [-0.25, -0.2) is 4.57 Å². The first-order chi connectivity index (χ1) is 34.2. The molecular formula is C58H103O11P. The highest BCUT2D eigenvalue weighted by Crippen LogP contribution is 2.43. The van der Waals surface area contributed by atoms with E-state index >= 15 is 0 Å². The molecule has 0 aliphatic heterocycles. The van der Waals surface area contributed by atoms with E-state index in [-0.39, 0.29) is 25.9 Å². The van der Waals surface area contributed by atoms with Gasteiger partial charge in [0.2, 0.25) is 0 Å². The molecule has 406 valence electrons. The van der Waals surface area contributed by atoms with Crippen LogP contribution in [0.15, 0.2) is 60.8 Å². The molecule has 0 saturated heterocycles. The van der Waals surface area contributed by atoms with E-state index in [2.05, 4.69) is 81.5 Å². The second kappa shape index (κ2) is 52.5. The molecule has 0 bridgehead atoms. The van der Waals surface area contributed by atoms with Gasteiger partial charge in [-0.15, -0.1) is 0 Å². The van der Waals surface area contributed by atoms with Crippen molar-refractivity contribution < 1.29 is 52.2 Å². The molecule has 2 N–H and O–H groups in total. The SMILES string of the molecule is CC/C=C\C/C=C\C/C=C\CCCCCC(=O)OC(COC(=O)CCCCCCCCC/C=C\C/C=C\CCCCC)COP(=O)(O)OCC(CO)OC(=O)CCCCCCCCCCCCCCC. The molecule has 3 atom stereocenters. The molecule has 0 aliphatic rings. The number of unbranched alkanes of at least 4 members (excludes halogenated alkanes) is 25. The smallest absolute Gasteiger partial charge is 0.462 e. The maximum absolute atomic E-state index is 12.9. The van der Waals surface area contributed by atoms with Crippen LogP contribution in [0.5, 0.6) is 0 Å². The van der Waals surface area contributed by atoms with Crippen LogP contribution in [0, 0.1) is 0 Å². The van der Waals surface area contributed by atoms with E-state index < -0.39 is 57.8 Å². The highest BCUT2D eigenvalue weighted by molar-refractivity contribution is 7.47. The molecule has 0 amide bonds. The number of aliphatic hydroxyl groups excluding tert-OH is 1. The van der Waals surface area contributed by atoms with E-state index in [1.165, 1.54) is 103 Å². The Morgan fingerprint density at radius 1 is 0.414 bits per heavy atom. The zero-order chi connectivity index (χ0) is 51.3. The van der Waals surface area contributed by atoms with Crippen molar-refractivity contribution >= 4 is 25.7 Å². The quantitative estimate of drug-likeness (QED) is 0.0197. The number of rotatable bonds is 52. The number of ether oxygens (including phenoxy) is 3. The Labute approximate surface area is 427 Å². The molecule has 0 radical (unpaired) electrons. The zero-order valence-electron chi connectivity index (χ0n) is 44.7. The Morgan fingerprint density at radius 3 is 1.19 bits per heavy atom. The van der Waals surface area contributed by atoms with Gasteiger partial charge in [0.05, 0.1) is 19.8 Å². The minimum atomic E-state index is -4.75. The molecule has 0 saturated carbocycles. The monoisotopic (exact) mass is 1010 g/mol. The van der Waals surface area contributed by atoms with Gasteiger partial charge in [0, 0.05) is 19.3 Å². The summed E-state index contributed by atoms with van der Waals surface area (Å²) in [6.45, 7) is 4.47. The van der Waals surface area contributed by atoms with Crippen LogP contribution in [-0.4, -0.2) is 66.5 Å². The van der Waals surface area contributed by atoms with Crippen LogP contribution in [0.3, 0.4) is 0 Å². The summed E-state index contributed by atoms with van der Waals surface area (Å²) in [4.78, 5) is 48.4. The molecule has 0 heterocycles. The number of carbonyl (C=O) groups excluding carboxylic acids is 3. The highest BCUT2D eigenvalue weighted by Gasteiger charge is 2.28. The van der Waals surface area contributed by atoms with Crippen LogP contribution in [-0.2, 0) is 42.2 Å². The minimum Gasteiger partial charge on any atom is -0.462 e. The van der Waals surface area contributed by atoms with Gasteiger partial charge in [-0.1, -0.05) is 210 Å². The molecule has 0 aromatic heterocycles. The van der Waals surface area contributed by atoms with Crippen molar-refractivity contribution in [1.29, 1.82) is 0 Å². The highest BCUT2D eigenvalue weighted by atomic mass is 31.2. The van der Waals surface area contributed by atoms with Gasteiger partial charge in [-0.05, 0) is 83.5 Å². The maximum atomic E-state index is 12.9. The zero-order valence-corrected chi connectivity index (χ0v) is 45.6. The Morgan fingerprint density at radius 2 is 0.743 bits per heavy atom. The normalized spacial score (nSPS) is 13.8. The molecule has 0 aromatic rings. The van der Waals surface area contributed by atoms with Gasteiger partial charge in [0.25, 0.3) is 0 Å². The van der Waals surface area contributed by atoms with Crippen LogP contribution in [0.1, 0.15) is 252 Å². The maximum Gasteiger partial charge on any atom is 0.472 e. The van der Waals surface area contributed by atoms with Crippen molar-refractivity contribution in [3.63, 3.8) is 0 Å². The number of hydrogen-bond acceptors (Lipinski definition) is 10. The molecular weight excluding hydrogens is 904 g/mol. The fraction of sp³-hybridized carbons (Fsp3) is 0.776. The van der Waals surface area contributed by atoms with Gasteiger partial charge < -0.3 is 24.2 Å². The van der Waals surface area contributed by atoms with Crippen molar-refractivity contribution in [2.75, 3.05) is 26.4 Å². The van der Waals surface area contributed by atoms with Crippen LogP contribution < -0.4 is 0 Å². The number of carbonyl (C=O) groups is 3. The predicted molar refractivity (Wildman–Crippen MR) is 288 cm³/mol. The molecule has 3 unspecified atom stereocenters. The van der Waals surface area contributed by atoms with Crippen molar-refractivity contribution in [2.24, 2.45) is 0 Å². The summed E-state index contributed by atoms with van der Waals surface area (Å²) >= 11 is 0. The molecule has 12 heteroatoms. The Hall–Kier alpha value is -2.82. The van der Waals surface area contributed by atoms with Gasteiger partial charge in [0.15, 0.2) is 6.10 Å². The van der Waals surface area contributed by atoms with E-state index in [0.717, 1.165) is 89.9 Å². The fourth-order valence-electron chi connectivity index (χ4n) is 7.64. The lowest BCUT2D eigenvalue weighted by Crippen LogP contribution is -2.30. The van der Waals surface area contributed by atoms with Crippen LogP contribution in [0.4, 0.5) is 0 Å². The van der Waals surface area contributed by atoms with Crippen molar-refractivity contribution in [3.8, 4) is 0 Å². The van der Waals surface area contributed by atoms with Gasteiger partial charge in [0.1, 0.15) is 12.7 Å². The minimum absolute atomic E-state index is 0.131. The topological polar surface area (TPSA) is 155 Å². The van der Waals surface area contributed by atoms with E-state index in [0.29, 0.717) is 19.3 Å². The summed E-state index contributed by atoms with van der Waals surface area (Å²) in [6.07, 6.45) is 56.1. The van der Waals surface area contributed by atoms with Crippen molar-refractivity contribution in [2.45, 2.75) is 264 Å². The second-order valence-corrected chi connectivity index (χ2v) is 20.2. The number of allylic oxidation sites excluding steroid dienone is 10. The van der Waals surface area contributed by atoms with E-state index in [1.54, 1.807) is 0 Å². The average Bonchev–Trinajstić information content (AvgIpc) is 3.35. The summed E-state index contributed by atoms with van der Waals surface area (Å²) in [6, 6.07) is 0. The standard InChI is InChI=1S/C58H103O11P/c1-4-7-10-13-16-19-22-25-26-27-28-31-32-35-38-41-44-47-56(60)65-51-55(69-58(62)49-46-43-40-37-34-30-24-21-18-15-12-9-6-3)53-67-70(63,64)66-52-54(50-59)68-57(61)48-45-42-39-36-33-29-23-20-17-14-11-8-5-2/h9,12,16,18-19,21,25-26,30,34,54-55,59H,4-8,10-11,13-15,17,20,22-24,27-29,31-33,35-53H2,1-3H3,(H,63,64)/b12-9-,19-16-,21-18-,26-25-,34-30-. The first kappa shape index (κ1) is 67.2. The van der Waals surface area contributed by atoms with Gasteiger partial charge in [-0.2, -0.15) is 0 Å². The van der Waals surface area contributed by atoms with E-state index in [1.807, 2.05) is 0 Å². The third-order valence-electron chi connectivity index (χ3n) is 11.9. The van der Waals surface area contributed by atoms with E-state index in [9.17, 15) is 28.9 Å². The molecule has 0 aliphatic carbocycles. The molecule has 11 nitrogen and oxygen atoms in total. The van der Waals surface area contributed by atoms with Gasteiger partial charge >= 0.3 is 25.7 Å². The lowest BCUT2D eigenvalue weighted by atomic mass is 10.0. The van der Waals surface area contributed by atoms with Crippen LogP contribution >= 0.6 is 7.82 Å². The third kappa shape index (κ3) is 50.1. The number of phosphoric ester groups is 1. The molecule has 0 rings (SSSR count). The fourth-order valence-corrected chi connectivity index (χ4v) is 8.42. The molecule has 70 heavy (non-hydrogen) atoms. The molecule has 0 aromatic carbocycles. The van der Waals surface area contributed by atoms with Crippen molar-refractivity contribution in [1.82, 2.24) is 0 Å². The second-order valence-electron chi connectivity index (χ2n) is 18.7. The number of hydrogen-bond donors (Lipinski definition) is 2. The summed E-state index contributed by atoms with van der Waals surface area (Å²) in [7, 11) is -4.75. The van der Waals surface area contributed by atoms with Crippen molar-refractivity contribution in [3.05, 3.63) is 60.8 Å². The van der Waals surface area contributed by atoms with Crippen LogP contribution in [0.2, 0.25) is 0 Å². The summed E-state index contributed by atoms with van der Waals surface area (Å²) in [5.74, 6) is -1.50. The lowest BCUT2D eigenvalue weighted by molar-refractivity contribution is -0.161. The largest absolute Gasteiger partial charge is 0.472 e. The number of esters is 3. The number of phosphoric acid groups is 1. The average molecular weight is 1010 g/mol. The predicted octanol–water partition coefficient (Wildman–Crippen LogP) is 16.4. The summed E-state index contributed by atoms with van der Waals surface area (Å²) in [5.41, 5.74) is 0. The van der Waals surface area contributed by atoms with E-state index in [4.69, 9.17) is 23.3 Å². The number of aliphatic hydroxyl groups is 1. The third-order valence-corrected chi connectivity index (χ3v) is 12.9. The first-order valence-electron chi connectivity index (χ1n) is 28.2. The Kier molecular flexibility index (Phi) is 50.4.